The molecule has 10 heavy (non-hydrogen) atoms. The first-order chi connectivity index (χ1) is 4.84. The van der Waals surface area contributed by atoms with Crippen LogP contribution in [0.5, 0.6) is 0 Å². The van der Waals surface area contributed by atoms with Crippen LogP contribution >= 0.6 is 9.39 Å². The fourth-order valence-corrected chi connectivity index (χ4v) is 1.07. The van der Waals surface area contributed by atoms with E-state index >= 15 is 0 Å². The summed E-state index contributed by atoms with van der Waals surface area (Å²) in [5.41, 5.74) is 0. The van der Waals surface area contributed by atoms with Gasteiger partial charge in [-0.3, -0.25) is 4.76 Å². The van der Waals surface area contributed by atoms with Gasteiger partial charge in [0.05, 0.1) is 6.02 Å². The van der Waals surface area contributed by atoms with Crippen molar-refractivity contribution in [1.29, 1.82) is 0 Å². The molecule has 1 heterocycles. The Labute approximate surface area is 62.6 Å². The molecular formula is C5H10N3OP-. The normalized spacial score (nSPS) is 21.3. The lowest BCUT2D eigenvalue weighted by Crippen LogP contribution is -2.50. The molecular weight excluding hydrogens is 149 g/mol. The Morgan fingerprint density at radius 1 is 1.50 bits per heavy atom. The van der Waals surface area contributed by atoms with E-state index in [0.717, 1.165) is 26.2 Å². The van der Waals surface area contributed by atoms with Gasteiger partial charge in [0.25, 0.3) is 0 Å². The Hall–Kier alpha value is -0.340. The van der Waals surface area contributed by atoms with Crippen molar-refractivity contribution in [2.75, 3.05) is 26.2 Å². The van der Waals surface area contributed by atoms with Gasteiger partial charge in [-0.2, -0.15) is 0 Å². The third-order valence-electron chi connectivity index (χ3n) is 1.48. The molecule has 1 saturated heterocycles. The summed E-state index contributed by atoms with van der Waals surface area (Å²) in [6.45, 7) is 3.25. The summed E-state index contributed by atoms with van der Waals surface area (Å²) >= 11 is 0. The lowest BCUT2D eigenvalue weighted by molar-refractivity contribution is -0.234. The van der Waals surface area contributed by atoms with Crippen molar-refractivity contribution < 1.29 is 5.11 Å². The van der Waals surface area contributed by atoms with Crippen molar-refractivity contribution in [3.8, 4) is 0 Å². The molecule has 0 unspecified atom stereocenters. The molecule has 5 heteroatoms. The Kier molecular flexibility index (Phi) is 2.90. The highest BCUT2D eigenvalue weighted by Crippen LogP contribution is 1.93. The predicted molar refractivity (Wildman–Crippen MR) is 40.2 cm³/mol. The monoisotopic (exact) mass is 159 g/mol. The minimum absolute atomic E-state index is 0.182. The Bertz CT molecular complexity index is 133. The maximum Gasteiger partial charge on any atom is 0.0547 e. The van der Waals surface area contributed by atoms with Crippen molar-refractivity contribution in [2.45, 2.75) is 0 Å². The predicted octanol–water partition coefficient (Wildman–Crippen LogP) is -1.33. The Morgan fingerprint density at radius 2 is 2.10 bits per heavy atom. The second-order valence-corrected chi connectivity index (χ2v) is 2.36. The number of hydrogen-bond acceptors (Lipinski definition) is 3. The summed E-state index contributed by atoms with van der Waals surface area (Å²) in [7, 11) is 2.81. The molecule has 1 rings (SSSR count). The zero-order chi connectivity index (χ0) is 7.40. The lowest BCUT2D eigenvalue weighted by atomic mass is 10.4. The van der Waals surface area contributed by atoms with Crippen LogP contribution in [0.2, 0.25) is 0 Å². The van der Waals surface area contributed by atoms with Gasteiger partial charge in [0.1, 0.15) is 0 Å². The van der Waals surface area contributed by atoms with Crippen molar-refractivity contribution >= 4 is 15.4 Å². The van der Waals surface area contributed by atoms with E-state index in [2.05, 4.69) is 19.5 Å². The minimum atomic E-state index is -0.182. The molecule has 4 nitrogen and oxygen atoms in total. The van der Waals surface area contributed by atoms with Crippen LogP contribution in [-0.2, 0) is 0 Å². The van der Waals surface area contributed by atoms with Gasteiger partial charge >= 0.3 is 0 Å². The van der Waals surface area contributed by atoms with E-state index in [1.54, 1.807) is 4.90 Å². The molecule has 0 aromatic carbocycles. The van der Waals surface area contributed by atoms with E-state index in [1.165, 1.54) is 0 Å². The zero-order valence-corrected chi connectivity index (χ0v) is 6.63. The van der Waals surface area contributed by atoms with Gasteiger partial charge in [0, 0.05) is 35.6 Å². The molecule has 0 amide bonds. The first-order valence-electron chi connectivity index (χ1n) is 3.21. The highest BCUT2D eigenvalue weighted by molar-refractivity contribution is 7.15. The number of piperazine rings is 1. The van der Waals surface area contributed by atoms with Gasteiger partial charge < -0.3 is 15.3 Å². The lowest BCUT2D eigenvalue weighted by Gasteiger charge is -2.32. The van der Waals surface area contributed by atoms with Crippen molar-refractivity contribution in [3.05, 3.63) is 0 Å². The van der Waals surface area contributed by atoms with Crippen LogP contribution < -0.4 is 10.4 Å². The van der Waals surface area contributed by atoms with Crippen molar-refractivity contribution in [2.24, 2.45) is 4.76 Å². The topological polar surface area (TPSA) is 50.7 Å². The number of nitrogens with zero attached hydrogens (tertiary/aromatic N) is 2. The molecule has 57 valence electrons. The number of nitrogens with one attached hydrogen (secondary N) is 1. The summed E-state index contributed by atoms with van der Waals surface area (Å²) in [5.74, 6) is 0. The van der Waals surface area contributed by atoms with Crippen LogP contribution in [0.1, 0.15) is 0 Å². The highest BCUT2D eigenvalue weighted by Gasteiger charge is 2.06. The fraction of sp³-hybridized carbons (Fsp3) is 0.800. The van der Waals surface area contributed by atoms with E-state index in [-0.39, 0.29) is 6.02 Å². The Morgan fingerprint density at radius 3 is 2.60 bits per heavy atom. The SMILES string of the molecule is [O-]/C(=N\[PH])N1CCNCC1. The van der Waals surface area contributed by atoms with E-state index in [1.807, 2.05) is 0 Å². The van der Waals surface area contributed by atoms with Crippen LogP contribution in [0, 0.1) is 0 Å². The average Bonchev–Trinajstić information content (AvgIpc) is 2.05. The molecule has 1 aliphatic heterocycles. The third kappa shape index (κ3) is 1.82. The van der Waals surface area contributed by atoms with Crippen LogP contribution in [-0.4, -0.2) is 37.1 Å². The summed E-state index contributed by atoms with van der Waals surface area (Å²) in [6.07, 6.45) is 0. The second-order valence-electron chi connectivity index (χ2n) is 2.13. The molecule has 0 bridgehead atoms. The van der Waals surface area contributed by atoms with Gasteiger partial charge in [0.2, 0.25) is 0 Å². The molecule has 0 saturated carbocycles. The van der Waals surface area contributed by atoms with Gasteiger partial charge in [-0.05, 0) is 0 Å². The van der Waals surface area contributed by atoms with Crippen LogP contribution in [0.25, 0.3) is 0 Å². The largest absolute Gasteiger partial charge is 0.846 e. The average molecular weight is 159 g/mol. The number of amidine groups is 1. The van der Waals surface area contributed by atoms with Gasteiger partial charge in [0.15, 0.2) is 0 Å². The quantitative estimate of drug-likeness (QED) is 0.270. The van der Waals surface area contributed by atoms with E-state index in [0.29, 0.717) is 0 Å². The Balaban J connectivity index is 2.39. The molecule has 0 aliphatic carbocycles. The standard InChI is InChI=1S/C5H11N3OP/c9-5(7-10)8-3-1-6-2-4-8/h6,10H,1-4H2,(H,7,9)/p-1. The first kappa shape index (κ1) is 7.76. The molecule has 0 aromatic rings. The van der Waals surface area contributed by atoms with Crippen molar-refractivity contribution in [3.63, 3.8) is 0 Å². The molecule has 0 atom stereocenters. The summed E-state index contributed by atoms with van der Waals surface area (Å²) < 4.78 is 3.38. The molecule has 1 N–H and O–H groups in total. The molecule has 0 spiro atoms. The van der Waals surface area contributed by atoms with E-state index in [4.69, 9.17) is 0 Å². The molecule has 0 aromatic heterocycles. The van der Waals surface area contributed by atoms with E-state index in [9.17, 15) is 5.11 Å². The van der Waals surface area contributed by atoms with Gasteiger partial charge in [-0.25, -0.2) is 0 Å². The maximum absolute atomic E-state index is 10.8. The van der Waals surface area contributed by atoms with Crippen molar-refractivity contribution in [1.82, 2.24) is 10.2 Å². The van der Waals surface area contributed by atoms with Crippen LogP contribution in [0.4, 0.5) is 0 Å². The van der Waals surface area contributed by atoms with Gasteiger partial charge in [-0.1, -0.05) is 0 Å². The maximum atomic E-state index is 10.8. The zero-order valence-electron chi connectivity index (χ0n) is 5.63. The summed E-state index contributed by atoms with van der Waals surface area (Å²) in [6, 6.07) is -0.182. The molecule has 1 fully saturated rings. The highest BCUT2D eigenvalue weighted by atomic mass is 31.0. The molecule has 1 aliphatic rings. The van der Waals surface area contributed by atoms with Crippen LogP contribution in [0.15, 0.2) is 4.76 Å². The number of rotatable bonds is 0. The second kappa shape index (κ2) is 3.74. The fourth-order valence-electron chi connectivity index (χ4n) is 0.927. The third-order valence-corrected chi connectivity index (χ3v) is 1.67. The smallest absolute Gasteiger partial charge is 0.0547 e. The van der Waals surface area contributed by atoms with Crippen LogP contribution in [0.3, 0.4) is 0 Å². The minimum Gasteiger partial charge on any atom is -0.846 e. The summed E-state index contributed by atoms with van der Waals surface area (Å²) in [5, 5.41) is 14.0. The van der Waals surface area contributed by atoms with Gasteiger partial charge in [-0.15, -0.1) is 0 Å². The summed E-state index contributed by atoms with van der Waals surface area (Å²) in [4.78, 5) is 1.70. The molecule has 1 radical (unpaired) electrons. The first-order valence-corrected chi connectivity index (χ1v) is 3.66. The van der Waals surface area contributed by atoms with E-state index < -0.39 is 0 Å². The number of hydrogen-bond donors (Lipinski definition) is 1.